The Kier molecular flexibility index (Phi) is 4.61. The van der Waals surface area contributed by atoms with Gasteiger partial charge in [0, 0.05) is 18.8 Å². The Hall–Kier alpha value is -2.04. The fourth-order valence-electron chi connectivity index (χ4n) is 2.65. The summed E-state index contributed by atoms with van der Waals surface area (Å²) < 4.78 is 0. The summed E-state index contributed by atoms with van der Waals surface area (Å²) in [6.45, 7) is 3.43. The molecule has 0 radical (unpaired) electrons. The van der Waals surface area contributed by atoms with Gasteiger partial charge in [0.05, 0.1) is 0 Å². The summed E-state index contributed by atoms with van der Waals surface area (Å²) in [6, 6.07) is 8.93. The van der Waals surface area contributed by atoms with Crippen LogP contribution < -0.4 is 10.6 Å². The SMILES string of the molecule is C[C@@H](C(=O)N1CCCCC1)N(C(=N)N)c1ccccc1. The molecule has 0 unspecified atom stereocenters. The van der Waals surface area contributed by atoms with Gasteiger partial charge in [-0.1, -0.05) is 18.2 Å². The fraction of sp³-hybridized carbons (Fsp3) is 0.467. The number of nitrogens with two attached hydrogens (primary N) is 1. The maximum atomic E-state index is 12.5. The second-order valence-electron chi connectivity index (χ2n) is 5.15. The first-order chi connectivity index (χ1) is 9.61. The molecule has 5 heteroatoms. The predicted octanol–water partition coefficient (Wildman–Crippen LogP) is 1.79. The molecule has 0 saturated carbocycles. The highest BCUT2D eigenvalue weighted by atomic mass is 16.2. The molecule has 0 aliphatic carbocycles. The smallest absolute Gasteiger partial charge is 0.245 e. The molecule has 3 N–H and O–H groups in total. The molecular weight excluding hydrogens is 252 g/mol. The van der Waals surface area contributed by atoms with E-state index >= 15 is 0 Å². The maximum absolute atomic E-state index is 12.5. The molecule has 1 aromatic carbocycles. The lowest BCUT2D eigenvalue weighted by Crippen LogP contribution is -2.52. The number of carbonyl (C=O) groups excluding carboxylic acids is 1. The van der Waals surface area contributed by atoms with Crippen LogP contribution in [0.3, 0.4) is 0 Å². The van der Waals surface area contributed by atoms with E-state index in [0.717, 1.165) is 31.6 Å². The average molecular weight is 274 g/mol. The summed E-state index contributed by atoms with van der Waals surface area (Å²) >= 11 is 0. The highest BCUT2D eigenvalue weighted by Gasteiger charge is 2.28. The van der Waals surface area contributed by atoms with Crippen LogP contribution in [0.25, 0.3) is 0 Å². The third-order valence-electron chi connectivity index (χ3n) is 3.71. The zero-order chi connectivity index (χ0) is 14.5. The van der Waals surface area contributed by atoms with E-state index in [1.165, 1.54) is 6.42 Å². The van der Waals surface area contributed by atoms with E-state index in [1.54, 1.807) is 4.90 Å². The Morgan fingerprint density at radius 1 is 1.25 bits per heavy atom. The number of likely N-dealkylation sites (tertiary alicyclic amines) is 1. The first kappa shape index (κ1) is 14.4. The third-order valence-corrected chi connectivity index (χ3v) is 3.71. The zero-order valence-electron chi connectivity index (χ0n) is 11.9. The van der Waals surface area contributed by atoms with Crippen molar-refractivity contribution in [2.45, 2.75) is 32.2 Å². The van der Waals surface area contributed by atoms with Crippen molar-refractivity contribution in [3.8, 4) is 0 Å². The Labute approximate surface area is 119 Å². The van der Waals surface area contributed by atoms with Gasteiger partial charge < -0.3 is 15.5 Å². The number of para-hydroxylation sites is 1. The molecule has 0 spiro atoms. The monoisotopic (exact) mass is 274 g/mol. The molecule has 1 saturated heterocycles. The first-order valence-electron chi connectivity index (χ1n) is 7.08. The number of benzene rings is 1. The largest absolute Gasteiger partial charge is 0.370 e. The molecule has 1 fully saturated rings. The van der Waals surface area contributed by atoms with Crippen LogP contribution in [0.1, 0.15) is 26.2 Å². The number of guanidine groups is 1. The van der Waals surface area contributed by atoms with Crippen molar-refractivity contribution in [1.29, 1.82) is 5.41 Å². The second-order valence-corrected chi connectivity index (χ2v) is 5.15. The number of anilines is 1. The first-order valence-corrected chi connectivity index (χ1v) is 7.08. The van der Waals surface area contributed by atoms with Crippen molar-refractivity contribution in [3.63, 3.8) is 0 Å². The van der Waals surface area contributed by atoms with Crippen molar-refractivity contribution in [2.24, 2.45) is 5.73 Å². The Morgan fingerprint density at radius 2 is 1.85 bits per heavy atom. The van der Waals surface area contributed by atoms with Gasteiger partial charge in [-0.05, 0) is 38.3 Å². The molecule has 1 heterocycles. The van der Waals surface area contributed by atoms with Crippen LogP contribution >= 0.6 is 0 Å². The lowest BCUT2D eigenvalue weighted by atomic mass is 10.1. The van der Waals surface area contributed by atoms with Gasteiger partial charge in [0.25, 0.3) is 0 Å². The Bertz CT molecular complexity index is 468. The minimum absolute atomic E-state index is 0.0451. The van der Waals surface area contributed by atoms with Crippen LogP contribution in [0, 0.1) is 5.41 Å². The van der Waals surface area contributed by atoms with Crippen molar-refractivity contribution in [3.05, 3.63) is 30.3 Å². The molecule has 1 amide bonds. The van der Waals surface area contributed by atoms with Crippen molar-refractivity contribution in [1.82, 2.24) is 4.90 Å². The second kappa shape index (κ2) is 6.41. The summed E-state index contributed by atoms with van der Waals surface area (Å²) in [5.74, 6) is -0.0576. The summed E-state index contributed by atoms with van der Waals surface area (Å²) in [5, 5.41) is 7.76. The normalized spacial score (nSPS) is 16.6. The number of hydrogen-bond acceptors (Lipinski definition) is 2. The summed E-state index contributed by atoms with van der Waals surface area (Å²) in [7, 11) is 0. The van der Waals surface area contributed by atoms with Gasteiger partial charge in [-0.25, -0.2) is 0 Å². The van der Waals surface area contributed by atoms with Crippen LogP contribution in [-0.4, -0.2) is 35.9 Å². The fourth-order valence-corrected chi connectivity index (χ4v) is 2.65. The lowest BCUT2D eigenvalue weighted by Gasteiger charge is -2.34. The number of carbonyl (C=O) groups is 1. The van der Waals surface area contributed by atoms with Crippen molar-refractivity contribution in [2.75, 3.05) is 18.0 Å². The summed E-state index contributed by atoms with van der Waals surface area (Å²) in [6.07, 6.45) is 3.31. The predicted molar refractivity (Wildman–Crippen MR) is 80.7 cm³/mol. The average Bonchev–Trinajstić information content (AvgIpc) is 2.48. The number of rotatable bonds is 3. The van der Waals surface area contributed by atoms with E-state index < -0.39 is 6.04 Å². The van der Waals surface area contributed by atoms with Crippen LogP contribution in [0.15, 0.2) is 30.3 Å². The van der Waals surface area contributed by atoms with E-state index in [1.807, 2.05) is 42.2 Å². The van der Waals surface area contributed by atoms with Crippen molar-refractivity contribution < 1.29 is 4.79 Å². The molecule has 1 atom stereocenters. The van der Waals surface area contributed by atoms with Crippen LogP contribution in [0.5, 0.6) is 0 Å². The van der Waals surface area contributed by atoms with Gasteiger partial charge in [0.1, 0.15) is 6.04 Å². The van der Waals surface area contributed by atoms with E-state index in [4.69, 9.17) is 11.1 Å². The van der Waals surface area contributed by atoms with E-state index in [9.17, 15) is 4.79 Å². The molecule has 1 aliphatic rings. The molecular formula is C15H22N4O. The van der Waals surface area contributed by atoms with Gasteiger partial charge >= 0.3 is 0 Å². The molecule has 5 nitrogen and oxygen atoms in total. The van der Waals surface area contributed by atoms with Crippen LogP contribution in [0.2, 0.25) is 0 Å². The van der Waals surface area contributed by atoms with Gasteiger partial charge in [0.15, 0.2) is 5.96 Å². The number of amides is 1. The zero-order valence-corrected chi connectivity index (χ0v) is 11.9. The Balaban J connectivity index is 2.16. The molecule has 108 valence electrons. The maximum Gasteiger partial charge on any atom is 0.245 e. The third kappa shape index (κ3) is 3.10. The van der Waals surface area contributed by atoms with Gasteiger partial charge in [-0.2, -0.15) is 0 Å². The molecule has 20 heavy (non-hydrogen) atoms. The highest BCUT2D eigenvalue weighted by Crippen LogP contribution is 2.19. The number of piperidine rings is 1. The minimum atomic E-state index is -0.451. The van der Waals surface area contributed by atoms with Gasteiger partial charge in [-0.3, -0.25) is 10.2 Å². The molecule has 1 aliphatic heterocycles. The van der Waals surface area contributed by atoms with Crippen LogP contribution in [0.4, 0.5) is 5.69 Å². The topological polar surface area (TPSA) is 73.4 Å². The van der Waals surface area contributed by atoms with Gasteiger partial charge in [-0.15, -0.1) is 0 Å². The van der Waals surface area contributed by atoms with Crippen LogP contribution in [-0.2, 0) is 4.79 Å². The number of hydrogen-bond donors (Lipinski definition) is 2. The molecule has 2 rings (SSSR count). The number of nitrogens with one attached hydrogen (secondary N) is 1. The minimum Gasteiger partial charge on any atom is -0.370 e. The van der Waals surface area contributed by atoms with Gasteiger partial charge in [0.2, 0.25) is 5.91 Å². The lowest BCUT2D eigenvalue weighted by molar-refractivity contribution is -0.132. The molecule has 0 bridgehead atoms. The number of nitrogens with zero attached hydrogens (tertiary/aromatic N) is 2. The Morgan fingerprint density at radius 3 is 2.40 bits per heavy atom. The highest BCUT2D eigenvalue weighted by molar-refractivity contribution is 6.00. The summed E-state index contributed by atoms with van der Waals surface area (Å²) in [4.78, 5) is 16.0. The van der Waals surface area contributed by atoms with E-state index in [0.29, 0.717) is 0 Å². The molecule has 1 aromatic rings. The summed E-state index contributed by atoms with van der Waals surface area (Å²) in [5.41, 5.74) is 6.45. The standard InChI is InChI=1S/C15H22N4O/c1-12(14(20)18-10-6-3-7-11-18)19(15(16)17)13-8-4-2-5-9-13/h2,4-5,8-9,12H,3,6-7,10-11H2,1H3,(H3,16,17)/t12-/m0/s1. The van der Waals surface area contributed by atoms with E-state index in [-0.39, 0.29) is 11.9 Å². The van der Waals surface area contributed by atoms with E-state index in [2.05, 4.69) is 0 Å². The quantitative estimate of drug-likeness (QED) is 0.652. The molecule has 0 aromatic heterocycles. The van der Waals surface area contributed by atoms with Crippen molar-refractivity contribution >= 4 is 17.6 Å².